The molecule has 1 aromatic carbocycles. The summed E-state index contributed by atoms with van der Waals surface area (Å²) in [5, 5.41) is 3.40. The number of fused-ring (bicyclic) bond motifs is 1. The molecule has 8 heteroatoms. The predicted molar refractivity (Wildman–Crippen MR) is 111 cm³/mol. The lowest BCUT2D eigenvalue weighted by molar-refractivity contribution is -0.140. The molecule has 0 bridgehead atoms. The van der Waals surface area contributed by atoms with E-state index in [0.29, 0.717) is 37.0 Å². The van der Waals surface area contributed by atoms with Gasteiger partial charge in [-0.2, -0.15) is 0 Å². The second-order valence-corrected chi connectivity index (χ2v) is 8.10. The molecule has 0 aliphatic carbocycles. The van der Waals surface area contributed by atoms with Crippen LogP contribution in [0.1, 0.15) is 32.7 Å². The first-order valence-corrected chi connectivity index (χ1v) is 10.3. The van der Waals surface area contributed by atoms with Crippen molar-refractivity contribution in [1.82, 2.24) is 19.8 Å². The molecule has 3 heterocycles. The number of hydrogen-bond donors (Lipinski definition) is 1. The number of benzene rings is 1. The lowest BCUT2D eigenvalue weighted by atomic mass is 9.95. The Morgan fingerprint density at radius 3 is 2.62 bits per heavy atom. The highest BCUT2D eigenvalue weighted by atomic mass is 16.2. The number of rotatable bonds is 3. The van der Waals surface area contributed by atoms with E-state index >= 15 is 0 Å². The van der Waals surface area contributed by atoms with Gasteiger partial charge in [-0.15, -0.1) is 0 Å². The van der Waals surface area contributed by atoms with Gasteiger partial charge in [-0.3, -0.25) is 19.0 Å². The standard InChI is InChI=1S/C21H27N5O3/c1-14(2)26-13-23-18-12-16(3-4-17(18)21(26)29)24-7-9-25(10-8-24)20(28)15-5-6-22-19(27)11-15/h3-4,12-15H,5-11H2,1-2H3,(H,22,27). The summed E-state index contributed by atoms with van der Waals surface area (Å²) in [5.41, 5.74) is 1.68. The molecular formula is C21H27N5O3. The Hall–Kier alpha value is -2.90. The number of piperidine rings is 1. The van der Waals surface area contributed by atoms with Gasteiger partial charge in [-0.1, -0.05) is 0 Å². The fourth-order valence-electron chi connectivity index (χ4n) is 4.13. The summed E-state index contributed by atoms with van der Waals surface area (Å²) in [4.78, 5) is 45.4. The van der Waals surface area contributed by atoms with Gasteiger partial charge >= 0.3 is 0 Å². The highest BCUT2D eigenvalue weighted by Gasteiger charge is 2.31. The van der Waals surface area contributed by atoms with Crippen LogP contribution in [-0.4, -0.2) is 59.0 Å². The summed E-state index contributed by atoms with van der Waals surface area (Å²) in [6.07, 6.45) is 2.62. The number of carbonyl (C=O) groups is 2. The molecule has 1 atom stereocenters. The Morgan fingerprint density at radius 1 is 1.17 bits per heavy atom. The molecule has 29 heavy (non-hydrogen) atoms. The molecule has 4 rings (SSSR count). The topological polar surface area (TPSA) is 87.5 Å². The maximum absolute atomic E-state index is 12.7. The quantitative estimate of drug-likeness (QED) is 0.840. The number of hydrogen-bond acceptors (Lipinski definition) is 5. The molecule has 2 saturated heterocycles. The highest BCUT2D eigenvalue weighted by molar-refractivity contribution is 5.87. The lowest BCUT2D eigenvalue weighted by Gasteiger charge is -2.38. The summed E-state index contributed by atoms with van der Waals surface area (Å²) in [6, 6.07) is 5.82. The van der Waals surface area contributed by atoms with Crippen LogP contribution in [0.4, 0.5) is 5.69 Å². The summed E-state index contributed by atoms with van der Waals surface area (Å²) in [6.45, 7) is 7.22. The van der Waals surface area contributed by atoms with Crippen molar-refractivity contribution in [3.05, 3.63) is 34.9 Å². The SMILES string of the molecule is CC(C)n1cnc2cc(N3CCN(C(=O)C4CCNC(=O)C4)CC3)ccc2c1=O. The van der Waals surface area contributed by atoms with Crippen LogP contribution in [0.5, 0.6) is 0 Å². The van der Waals surface area contributed by atoms with Crippen LogP contribution in [0, 0.1) is 5.92 Å². The molecule has 1 unspecified atom stereocenters. The second-order valence-electron chi connectivity index (χ2n) is 8.10. The summed E-state index contributed by atoms with van der Waals surface area (Å²) in [7, 11) is 0. The van der Waals surface area contributed by atoms with Gasteiger partial charge in [0.2, 0.25) is 11.8 Å². The predicted octanol–water partition coefficient (Wildman–Crippen LogP) is 1.15. The van der Waals surface area contributed by atoms with Crippen LogP contribution >= 0.6 is 0 Å². The Balaban J connectivity index is 1.45. The van der Waals surface area contributed by atoms with Crippen molar-refractivity contribution in [3.63, 3.8) is 0 Å². The summed E-state index contributed by atoms with van der Waals surface area (Å²) in [5.74, 6) is -0.134. The van der Waals surface area contributed by atoms with Crippen LogP contribution in [0.15, 0.2) is 29.3 Å². The number of nitrogens with one attached hydrogen (secondary N) is 1. The van der Waals surface area contributed by atoms with Crippen LogP contribution in [0.25, 0.3) is 10.9 Å². The highest BCUT2D eigenvalue weighted by Crippen LogP contribution is 2.22. The van der Waals surface area contributed by atoms with Crippen molar-refractivity contribution in [2.24, 2.45) is 5.92 Å². The molecule has 8 nitrogen and oxygen atoms in total. The maximum Gasteiger partial charge on any atom is 0.261 e. The van der Waals surface area contributed by atoms with Crippen LogP contribution in [-0.2, 0) is 9.59 Å². The Morgan fingerprint density at radius 2 is 1.93 bits per heavy atom. The van der Waals surface area contributed by atoms with Gasteiger partial charge in [0.1, 0.15) is 0 Å². The zero-order valence-corrected chi connectivity index (χ0v) is 16.9. The third kappa shape index (κ3) is 3.83. The molecule has 2 aromatic rings. The number of aromatic nitrogens is 2. The minimum absolute atomic E-state index is 0.0246. The summed E-state index contributed by atoms with van der Waals surface area (Å²) < 4.78 is 1.64. The molecule has 0 spiro atoms. The lowest BCUT2D eigenvalue weighted by Crippen LogP contribution is -2.52. The van der Waals surface area contributed by atoms with E-state index in [0.717, 1.165) is 25.2 Å². The van der Waals surface area contributed by atoms with Gasteiger partial charge in [0.05, 0.1) is 17.2 Å². The van der Waals surface area contributed by atoms with E-state index < -0.39 is 0 Å². The molecule has 2 fully saturated rings. The van der Waals surface area contributed by atoms with E-state index in [2.05, 4.69) is 15.2 Å². The fourth-order valence-corrected chi connectivity index (χ4v) is 4.13. The monoisotopic (exact) mass is 397 g/mol. The van der Waals surface area contributed by atoms with Crippen molar-refractivity contribution in [3.8, 4) is 0 Å². The van der Waals surface area contributed by atoms with E-state index in [1.165, 1.54) is 0 Å². The normalized spacial score (nSPS) is 20.2. The molecular weight excluding hydrogens is 370 g/mol. The van der Waals surface area contributed by atoms with Gasteiger partial charge < -0.3 is 15.1 Å². The van der Waals surface area contributed by atoms with E-state index in [4.69, 9.17) is 0 Å². The van der Waals surface area contributed by atoms with Gasteiger partial charge in [0.25, 0.3) is 5.56 Å². The molecule has 2 aliphatic rings. The van der Waals surface area contributed by atoms with Gasteiger partial charge in [-0.05, 0) is 38.5 Å². The first-order valence-electron chi connectivity index (χ1n) is 10.3. The third-order valence-electron chi connectivity index (χ3n) is 5.88. The largest absolute Gasteiger partial charge is 0.368 e. The average Bonchev–Trinajstić information content (AvgIpc) is 2.73. The zero-order chi connectivity index (χ0) is 20.5. The van der Waals surface area contributed by atoms with Crippen molar-refractivity contribution >= 4 is 28.4 Å². The van der Waals surface area contributed by atoms with E-state index in [-0.39, 0.29) is 29.3 Å². The Labute approximate surface area is 169 Å². The molecule has 2 aliphatic heterocycles. The Kier molecular flexibility index (Phi) is 5.25. The minimum Gasteiger partial charge on any atom is -0.368 e. The van der Waals surface area contributed by atoms with Gasteiger partial charge in [0, 0.05) is 56.8 Å². The van der Waals surface area contributed by atoms with Crippen LogP contribution in [0.2, 0.25) is 0 Å². The van der Waals surface area contributed by atoms with E-state index in [1.54, 1.807) is 10.9 Å². The Bertz CT molecular complexity index is 991. The number of amides is 2. The molecule has 1 N–H and O–H groups in total. The van der Waals surface area contributed by atoms with Crippen molar-refractivity contribution < 1.29 is 9.59 Å². The van der Waals surface area contributed by atoms with Crippen LogP contribution in [0.3, 0.4) is 0 Å². The van der Waals surface area contributed by atoms with Crippen molar-refractivity contribution in [2.75, 3.05) is 37.6 Å². The molecule has 1 aromatic heterocycles. The van der Waals surface area contributed by atoms with Crippen LogP contribution < -0.4 is 15.8 Å². The maximum atomic E-state index is 12.7. The summed E-state index contributed by atoms with van der Waals surface area (Å²) >= 11 is 0. The number of carbonyl (C=O) groups excluding carboxylic acids is 2. The van der Waals surface area contributed by atoms with E-state index in [9.17, 15) is 14.4 Å². The van der Waals surface area contributed by atoms with Gasteiger partial charge in [-0.25, -0.2) is 4.98 Å². The van der Waals surface area contributed by atoms with Gasteiger partial charge in [0.15, 0.2) is 0 Å². The molecule has 154 valence electrons. The third-order valence-corrected chi connectivity index (χ3v) is 5.88. The molecule has 2 amide bonds. The number of nitrogens with zero attached hydrogens (tertiary/aromatic N) is 4. The second kappa shape index (κ2) is 7.85. The fraction of sp³-hybridized carbons (Fsp3) is 0.524. The first kappa shape index (κ1) is 19.4. The first-order chi connectivity index (χ1) is 13.9. The smallest absolute Gasteiger partial charge is 0.261 e. The van der Waals surface area contributed by atoms with Crippen molar-refractivity contribution in [2.45, 2.75) is 32.7 Å². The molecule has 0 saturated carbocycles. The molecule has 0 radical (unpaired) electrons. The number of piperazine rings is 1. The average molecular weight is 397 g/mol. The van der Waals surface area contributed by atoms with E-state index in [1.807, 2.05) is 36.9 Å². The zero-order valence-electron chi connectivity index (χ0n) is 16.9. The number of anilines is 1. The van der Waals surface area contributed by atoms with Crippen molar-refractivity contribution in [1.29, 1.82) is 0 Å². The minimum atomic E-state index is -0.191.